The van der Waals surface area contributed by atoms with Gasteiger partial charge in [0.1, 0.15) is 11.3 Å². The third-order valence-corrected chi connectivity index (χ3v) is 3.06. The van der Waals surface area contributed by atoms with Crippen LogP contribution >= 0.6 is 0 Å². The second-order valence-electron chi connectivity index (χ2n) is 4.38. The van der Waals surface area contributed by atoms with Gasteiger partial charge in [0.05, 0.1) is 18.5 Å². The topological polar surface area (TPSA) is 62.7 Å². The van der Waals surface area contributed by atoms with Gasteiger partial charge in [-0.05, 0) is 25.1 Å². The molecule has 0 aliphatic carbocycles. The fourth-order valence-corrected chi connectivity index (χ4v) is 2.02. The minimum Gasteiger partial charge on any atom is -0.495 e. The first kappa shape index (κ1) is 13.9. The molecular formula is C15H16N2O3. The quantitative estimate of drug-likeness (QED) is 0.927. The van der Waals surface area contributed by atoms with Crippen molar-refractivity contribution in [2.24, 2.45) is 0 Å². The van der Waals surface area contributed by atoms with Gasteiger partial charge in [-0.3, -0.25) is 4.98 Å². The van der Waals surface area contributed by atoms with Gasteiger partial charge < -0.3 is 14.7 Å². The number of aromatic carboxylic acids is 1. The van der Waals surface area contributed by atoms with Crippen LogP contribution in [0, 0.1) is 6.92 Å². The SMILES string of the molecule is COc1ccccc1N(C)c1cc(C)ncc1C(=O)O. The van der Waals surface area contributed by atoms with Crippen molar-refractivity contribution in [3.8, 4) is 5.75 Å². The maximum absolute atomic E-state index is 11.3. The molecule has 0 atom stereocenters. The van der Waals surface area contributed by atoms with Crippen molar-refractivity contribution in [3.05, 3.63) is 47.8 Å². The summed E-state index contributed by atoms with van der Waals surface area (Å²) in [5.41, 5.74) is 2.29. The molecule has 0 bridgehead atoms. The van der Waals surface area contributed by atoms with Crippen molar-refractivity contribution in [2.75, 3.05) is 19.1 Å². The van der Waals surface area contributed by atoms with Crippen LogP contribution in [0.25, 0.3) is 0 Å². The number of aryl methyl sites for hydroxylation is 1. The van der Waals surface area contributed by atoms with Gasteiger partial charge in [-0.2, -0.15) is 0 Å². The summed E-state index contributed by atoms with van der Waals surface area (Å²) in [5, 5.41) is 9.28. The summed E-state index contributed by atoms with van der Waals surface area (Å²) in [6, 6.07) is 9.20. The van der Waals surface area contributed by atoms with Gasteiger partial charge >= 0.3 is 5.97 Å². The highest BCUT2D eigenvalue weighted by Gasteiger charge is 2.17. The fourth-order valence-electron chi connectivity index (χ4n) is 2.02. The monoisotopic (exact) mass is 272 g/mol. The smallest absolute Gasteiger partial charge is 0.339 e. The molecule has 2 aromatic rings. The van der Waals surface area contributed by atoms with Gasteiger partial charge in [-0.15, -0.1) is 0 Å². The van der Waals surface area contributed by atoms with Crippen LogP contribution in [0.1, 0.15) is 16.1 Å². The van der Waals surface area contributed by atoms with Crippen LogP contribution in [-0.2, 0) is 0 Å². The molecule has 0 saturated carbocycles. The number of benzene rings is 1. The van der Waals surface area contributed by atoms with Crippen LogP contribution in [0.15, 0.2) is 36.5 Å². The van der Waals surface area contributed by atoms with Gasteiger partial charge in [0.15, 0.2) is 0 Å². The number of pyridine rings is 1. The van der Waals surface area contributed by atoms with E-state index in [0.717, 1.165) is 11.4 Å². The van der Waals surface area contributed by atoms with Gasteiger partial charge in [0, 0.05) is 18.9 Å². The Hall–Kier alpha value is -2.56. The highest BCUT2D eigenvalue weighted by Crippen LogP contribution is 2.33. The lowest BCUT2D eigenvalue weighted by atomic mass is 10.1. The first-order valence-electron chi connectivity index (χ1n) is 6.11. The van der Waals surface area contributed by atoms with Crippen molar-refractivity contribution < 1.29 is 14.6 Å². The summed E-state index contributed by atoms with van der Waals surface area (Å²) in [6.45, 7) is 1.82. The van der Waals surface area contributed by atoms with E-state index in [4.69, 9.17) is 4.74 Å². The van der Waals surface area contributed by atoms with Crippen LogP contribution in [0.3, 0.4) is 0 Å². The molecule has 1 aromatic heterocycles. The molecule has 0 radical (unpaired) electrons. The van der Waals surface area contributed by atoms with E-state index in [1.807, 2.05) is 31.2 Å². The Kier molecular flexibility index (Phi) is 3.89. The summed E-state index contributed by atoms with van der Waals surface area (Å²) >= 11 is 0. The lowest BCUT2D eigenvalue weighted by Gasteiger charge is -2.23. The van der Waals surface area contributed by atoms with E-state index in [1.165, 1.54) is 6.20 Å². The average molecular weight is 272 g/mol. The van der Waals surface area contributed by atoms with Crippen molar-refractivity contribution in [3.63, 3.8) is 0 Å². The number of carbonyl (C=O) groups is 1. The third kappa shape index (κ3) is 2.56. The fraction of sp³-hybridized carbons (Fsp3) is 0.200. The number of anilines is 2. The molecule has 0 spiro atoms. The number of methoxy groups -OCH3 is 1. The predicted molar refractivity (Wildman–Crippen MR) is 77.0 cm³/mol. The summed E-state index contributed by atoms with van der Waals surface area (Å²) in [4.78, 5) is 17.2. The normalized spacial score (nSPS) is 10.2. The number of rotatable bonds is 4. The number of hydrogen-bond acceptors (Lipinski definition) is 4. The van der Waals surface area contributed by atoms with Crippen LogP contribution in [0.5, 0.6) is 5.75 Å². The molecule has 0 saturated heterocycles. The van der Waals surface area contributed by atoms with E-state index in [-0.39, 0.29) is 5.56 Å². The first-order valence-corrected chi connectivity index (χ1v) is 6.11. The molecule has 0 amide bonds. The van der Waals surface area contributed by atoms with Gasteiger partial charge in [-0.1, -0.05) is 12.1 Å². The van der Waals surface area contributed by atoms with Gasteiger partial charge in [0.2, 0.25) is 0 Å². The second-order valence-corrected chi connectivity index (χ2v) is 4.38. The molecule has 0 aliphatic rings. The average Bonchev–Trinajstić information content (AvgIpc) is 2.46. The van der Waals surface area contributed by atoms with Crippen molar-refractivity contribution in [2.45, 2.75) is 6.92 Å². The molecule has 20 heavy (non-hydrogen) atoms. The molecule has 2 rings (SSSR count). The Labute approximate surface area is 117 Å². The molecule has 1 N–H and O–H groups in total. The molecule has 0 unspecified atom stereocenters. The molecule has 1 aromatic carbocycles. The number of ether oxygens (including phenoxy) is 1. The number of hydrogen-bond donors (Lipinski definition) is 1. The summed E-state index contributed by atoms with van der Waals surface area (Å²) < 4.78 is 5.31. The molecule has 5 heteroatoms. The van der Waals surface area contributed by atoms with E-state index < -0.39 is 5.97 Å². The van der Waals surface area contributed by atoms with E-state index in [1.54, 1.807) is 25.1 Å². The Morgan fingerprint density at radius 2 is 2.00 bits per heavy atom. The van der Waals surface area contributed by atoms with E-state index >= 15 is 0 Å². The van der Waals surface area contributed by atoms with Gasteiger partial charge in [0.25, 0.3) is 0 Å². The Balaban J connectivity index is 2.55. The van der Waals surface area contributed by atoms with E-state index in [0.29, 0.717) is 11.4 Å². The number of para-hydroxylation sites is 2. The van der Waals surface area contributed by atoms with Crippen LogP contribution in [-0.4, -0.2) is 30.2 Å². The standard InChI is InChI=1S/C15H16N2O3/c1-10-8-13(11(9-16-10)15(18)19)17(2)12-6-4-5-7-14(12)20-3/h4-9H,1-3H3,(H,18,19). The molecule has 104 valence electrons. The van der Waals surface area contributed by atoms with Crippen LogP contribution in [0.4, 0.5) is 11.4 Å². The highest BCUT2D eigenvalue weighted by atomic mass is 16.5. The molecule has 1 heterocycles. The zero-order valence-electron chi connectivity index (χ0n) is 11.6. The largest absolute Gasteiger partial charge is 0.495 e. The zero-order valence-corrected chi connectivity index (χ0v) is 11.6. The number of carboxylic acids is 1. The van der Waals surface area contributed by atoms with Crippen molar-refractivity contribution >= 4 is 17.3 Å². The maximum atomic E-state index is 11.3. The first-order chi connectivity index (χ1) is 9.54. The van der Waals surface area contributed by atoms with E-state index in [9.17, 15) is 9.90 Å². The zero-order chi connectivity index (χ0) is 14.7. The van der Waals surface area contributed by atoms with Crippen LogP contribution in [0.2, 0.25) is 0 Å². The number of carboxylic acid groups (broad SMARTS) is 1. The number of nitrogens with zero attached hydrogens (tertiary/aromatic N) is 2. The van der Waals surface area contributed by atoms with E-state index in [2.05, 4.69) is 4.98 Å². The van der Waals surface area contributed by atoms with Crippen molar-refractivity contribution in [1.82, 2.24) is 4.98 Å². The predicted octanol–water partition coefficient (Wildman–Crippen LogP) is 2.86. The van der Waals surface area contributed by atoms with Crippen molar-refractivity contribution in [1.29, 1.82) is 0 Å². The minimum atomic E-state index is -1.01. The Morgan fingerprint density at radius 1 is 1.30 bits per heavy atom. The summed E-state index contributed by atoms with van der Waals surface area (Å²) in [5.74, 6) is -0.324. The van der Waals surface area contributed by atoms with Gasteiger partial charge in [-0.25, -0.2) is 4.79 Å². The van der Waals surface area contributed by atoms with Crippen LogP contribution < -0.4 is 9.64 Å². The molecule has 5 nitrogen and oxygen atoms in total. The Morgan fingerprint density at radius 3 is 2.65 bits per heavy atom. The Bertz CT molecular complexity index is 641. The lowest BCUT2D eigenvalue weighted by molar-refractivity contribution is 0.0697. The molecule has 0 aliphatic heterocycles. The number of aromatic nitrogens is 1. The third-order valence-electron chi connectivity index (χ3n) is 3.06. The second kappa shape index (κ2) is 5.61. The summed E-state index contributed by atoms with van der Waals surface area (Å²) in [7, 11) is 3.39. The highest BCUT2D eigenvalue weighted by molar-refractivity contribution is 5.95. The lowest BCUT2D eigenvalue weighted by Crippen LogP contribution is -2.15. The minimum absolute atomic E-state index is 0.156. The molecule has 0 fully saturated rings. The summed E-state index contributed by atoms with van der Waals surface area (Å²) in [6.07, 6.45) is 1.37. The molecular weight excluding hydrogens is 256 g/mol. The maximum Gasteiger partial charge on any atom is 0.339 e.